The van der Waals surface area contributed by atoms with Gasteiger partial charge in [0.15, 0.2) is 6.10 Å². The quantitative estimate of drug-likeness (QED) is 0.700. The number of carbonyl (C=O) groups is 2. The first-order valence-electron chi connectivity index (χ1n) is 9.97. The fraction of sp³-hybridized carbons (Fsp3) is 0.600. The van der Waals surface area contributed by atoms with E-state index in [2.05, 4.69) is 5.32 Å². The molecular weight excluding hydrogens is 380 g/mol. The van der Waals surface area contributed by atoms with Crippen LogP contribution in [0.3, 0.4) is 0 Å². The lowest BCUT2D eigenvalue weighted by molar-refractivity contribution is -0.154. The molecule has 1 aromatic rings. The van der Waals surface area contributed by atoms with Gasteiger partial charge in [0.2, 0.25) is 10.0 Å². The molecule has 2 aliphatic rings. The maximum Gasteiger partial charge on any atom is 0.306 e. The van der Waals surface area contributed by atoms with E-state index in [1.165, 1.54) is 23.4 Å². The zero-order chi connectivity index (χ0) is 20.1. The molecule has 1 heterocycles. The van der Waals surface area contributed by atoms with Crippen molar-refractivity contribution in [3.63, 3.8) is 0 Å². The second kappa shape index (κ2) is 9.05. The van der Waals surface area contributed by atoms with Gasteiger partial charge in [0.1, 0.15) is 0 Å². The molecule has 1 aliphatic carbocycles. The maximum atomic E-state index is 12.5. The molecule has 1 aliphatic heterocycles. The van der Waals surface area contributed by atoms with Crippen LogP contribution in [-0.2, 0) is 24.3 Å². The van der Waals surface area contributed by atoms with Crippen molar-refractivity contribution in [1.82, 2.24) is 4.31 Å². The van der Waals surface area contributed by atoms with Gasteiger partial charge in [0.05, 0.1) is 4.90 Å². The summed E-state index contributed by atoms with van der Waals surface area (Å²) in [6.45, 7) is 2.63. The summed E-state index contributed by atoms with van der Waals surface area (Å²) in [6.07, 6.45) is 5.61. The van der Waals surface area contributed by atoms with Gasteiger partial charge in [-0.3, -0.25) is 9.59 Å². The number of nitrogens with one attached hydrogen (secondary N) is 1. The van der Waals surface area contributed by atoms with E-state index in [0.717, 1.165) is 38.5 Å². The summed E-state index contributed by atoms with van der Waals surface area (Å²) in [5.41, 5.74) is 0.462. The summed E-state index contributed by atoms with van der Waals surface area (Å²) < 4.78 is 31.8. The number of esters is 1. The van der Waals surface area contributed by atoms with Crippen LogP contribution in [0.5, 0.6) is 0 Å². The maximum absolute atomic E-state index is 12.5. The first-order valence-corrected chi connectivity index (χ1v) is 11.4. The summed E-state index contributed by atoms with van der Waals surface area (Å²) >= 11 is 0. The Bertz CT molecular complexity index is 794. The molecule has 1 aromatic carbocycles. The van der Waals surface area contributed by atoms with E-state index in [-0.39, 0.29) is 10.9 Å². The molecule has 0 radical (unpaired) electrons. The van der Waals surface area contributed by atoms with Gasteiger partial charge in [0, 0.05) is 25.2 Å². The molecule has 1 N–H and O–H groups in total. The number of benzene rings is 1. The second-order valence-corrected chi connectivity index (χ2v) is 9.55. The van der Waals surface area contributed by atoms with Crippen LogP contribution in [0, 0.1) is 5.92 Å². The highest BCUT2D eigenvalue weighted by Crippen LogP contribution is 2.28. The van der Waals surface area contributed by atoms with Gasteiger partial charge in [-0.2, -0.15) is 4.31 Å². The fourth-order valence-electron chi connectivity index (χ4n) is 3.78. The zero-order valence-electron chi connectivity index (χ0n) is 16.2. The third-order valence-electron chi connectivity index (χ3n) is 5.43. The Balaban J connectivity index is 1.52. The third kappa shape index (κ3) is 5.11. The number of nitrogens with zero attached hydrogens (tertiary/aromatic N) is 1. The Hall–Kier alpha value is -1.93. The molecule has 1 saturated heterocycles. The lowest BCUT2D eigenvalue weighted by atomic mass is 10.0. The van der Waals surface area contributed by atoms with Crippen molar-refractivity contribution in [2.45, 2.75) is 62.9 Å². The van der Waals surface area contributed by atoms with Gasteiger partial charge in [-0.1, -0.05) is 12.8 Å². The summed E-state index contributed by atoms with van der Waals surface area (Å²) in [5.74, 6) is -0.413. The van der Waals surface area contributed by atoms with Gasteiger partial charge >= 0.3 is 5.97 Å². The number of anilines is 1. The van der Waals surface area contributed by atoms with Gasteiger partial charge < -0.3 is 10.1 Å². The van der Waals surface area contributed by atoms with Crippen LogP contribution >= 0.6 is 0 Å². The fourth-order valence-corrected chi connectivity index (χ4v) is 5.30. The van der Waals surface area contributed by atoms with Crippen molar-refractivity contribution in [2.75, 3.05) is 18.4 Å². The van der Waals surface area contributed by atoms with Crippen LogP contribution in [0.2, 0.25) is 0 Å². The lowest BCUT2D eigenvalue weighted by Crippen LogP contribution is -2.30. The summed E-state index contributed by atoms with van der Waals surface area (Å²) in [5, 5.41) is 2.66. The molecular formula is C20H28N2O5S. The minimum Gasteiger partial charge on any atom is -0.453 e. The van der Waals surface area contributed by atoms with Crippen molar-refractivity contribution in [1.29, 1.82) is 0 Å². The van der Waals surface area contributed by atoms with Crippen molar-refractivity contribution >= 4 is 27.6 Å². The van der Waals surface area contributed by atoms with Crippen molar-refractivity contribution in [3.8, 4) is 0 Å². The molecule has 2 fully saturated rings. The number of hydrogen-bond acceptors (Lipinski definition) is 5. The molecule has 1 saturated carbocycles. The smallest absolute Gasteiger partial charge is 0.306 e. The molecule has 28 heavy (non-hydrogen) atoms. The zero-order valence-corrected chi connectivity index (χ0v) is 17.0. The van der Waals surface area contributed by atoms with Gasteiger partial charge in [-0.15, -0.1) is 0 Å². The summed E-state index contributed by atoms with van der Waals surface area (Å²) in [4.78, 5) is 24.4. The highest BCUT2D eigenvalue weighted by atomic mass is 32.2. The summed E-state index contributed by atoms with van der Waals surface area (Å²) in [6, 6.07) is 6.07. The molecule has 154 valence electrons. The second-order valence-electron chi connectivity index (χ2n) is 7.61. The van der Waals surface area contributed by atoms with E-state index in [1.54, 1.807) is 12.1 Å². The number of carbonyl (C=O) groups excluding carboxylic acids is 2. The molecule has 8 heteroatoms. The van der Waals surface area contributed by atoms with Crippen molar-refractivity contribution in [2.24, 2.45) is 5.92 Å². The van der Waals surface area contributed by atoms with Gasteiger partial charge in [-0.05, 0) is 62.8 Å². The van der Waals surface area contributed by atoms with E-state index in [9.17, 15) is 18.0 Å². The van der Waals surface area contributed by atoms with Crippen LogP contribution in [-0.4, -0.2) is 43.8 Å². The Kier molecular flexibility index (Phi) is 6.72. The van der Waals surface area contributed by atoms with Crippen LogP contribution in [0.15, 0.2) is 29.2 Å². The number of amides is 1. The van der Waals surface area contributed by atoms with E-state index in [0.29, 0.717) is 31.1 Å². The molecule has 0 aromatic heterocycles. The van der Waals surface area contributed by atoms with E-state index >= 15 is 0 Å². The number of sulfonamides is 1. The third-order valence-corrected chi connectivity index (χ3v) is 7.35. The molecule has 1 amide bonds. The Morgan fingerprint density at radius 2 is 1.71 bits per heavy atom. The lowest BCUT2D eigenvalue weighted by Gasteiger charge is -2.17. The average Bonchev–Trinajstić information content (AvgIpc) is 3.36. The SMILES string of the molecule is C[C@@H](OC(=O)CC1CCCC1)C(=O)Nc1ccc(S(=O)(=O)N2CCCC2)cc1. The molecule has 0 spiro atoms. The topological polar surface area (TPSA) is 92.8 Å². The number of hydrogen-bond donors (Lipinski definition) is 1. The molecule has 0 bridgehead atoms. The number of rotatable bonds is 7. The minimum atomic E-state index is -3.48. The Labute approximate surface area is 166 Å². The number of ether oxygens (including phenoxy) is 1. The standard InChI is InChI=1S/C20H28N2O5S/c1-15(27-19(23)14-16-6-2-3-7-16)20(24)21-17-8-10-18(11-9-17)28(25,26)22-12-4-5-13-22/h8-11,15-16H,2-7,12-14H2,1H3,(H,21,24)/t15-/m1/s1. The Morgan fingerprint density at radius 3 is 2.32 bits per heavy atom. The Morgan fingerprint density at radius 1 is 1.11 bits per heavy atom. The summed E-state index contributed by atoms with van der Waals surface area (Å²) in [7, 11) is -3.48. The van der Waals surface area contributed by atoms with Crippen molar-refractivity contribution < 1.29 is 22.7 Å². The average molecular weight is 409 g/mol. The normalized spacial score (nSPS) is 19.5. The molecule has 1 atom stereocenters. The molecule has 3 rings (SSSR count). The van der Waals surface area contributed by atoms with Gasteiger partial charge in [0.25, 0.3) is 5.91 Å². The first-order chi connectivity index (χ1) is 13.4. The van der Waals surface area contributed by atoms with Crippen LogP contribution in [0.1, 0.15) is 51.9 Å². The predicted octanol–water partition coefficient (Wildman–Crippen LogP) is 2.92. The monoisotopic (exact) mass is 408 g/mol. The van der Waals surface area contributed by atoms with E-state index < -0.39 is 22.0 Å². The van der Waals surface area contributed by atoms with E-state index in [1.807, 2.05) is 0 Å². The highest BCUT2D eigenvalue weighted by Gasteiger charge is 2.27. The van der Waals surface area contributed by atoms with E-state index in [4.69, 9.17) is 4.74 Å². The van der Waals surface area contributed by atoms with Crippen LogP contribution in [0.4, 0.5) is 5.69 Å². The minimum absolute atomic E-state index is 0.212. The first kappa shape index (κ1) is 20.8. The van der Waals surface area contributed by atoms with Crippen molar-refractivity contribution in [3.05, 3.63) is 24.3 Å². The van der Waals surface area contributed by atoms with Crippen LogP contribution in [0.25, 0.3) is 0 Å². The molecule has 7 nitrogen and oxygen atoms in total. The highest BCUT2D eigenvalue weighted by molar-refractivity contribution is 7.89. The predicted molar refractivity (Wildman–Crippen MR) is 105 cm³/mol. The largest absolute Gasteiger partial charge is 0.453 e. The van der Waals surface area contributed by atoms with Gasteiger partial charge in [-0.25, -0.2) is 8.42 Å². The molecule has 0 unspecified atom stereocenters. The van der Waals surface area contributed by atoms with Crippen LogP contribution < -0.4 is 5.32 Å².